The molecule has 0 amide bonds. The van der Waals surface area contributed by atoms with Crippen LogP contribution < -0.4 is 0 Å². The highest BCUT2D eigenvalue weighted by Crippen LogP contribution is 2.29. The minimum atomic E-state index is -0.439. The van der Waals surface area contributed by atoms with Gasteiger partial charge >= 0.3 is 0 Å². The molecule has 0 radical (unpaired) electrons. The summed E-state index contributed by atoms with van der Waals surface area (Å²) < 4.78 is 0. The van der Waals surface area contributed by atoms with Crippen molar-refractivity contribution in [3.8, 4) is 6.07 Å². The molecule has 0 saturated carbocycles. The molecule has 0 bridgehead atoms. The average molecular weight is 281 g/mol. The van der Waals surface area contributed by atoms with Crippen molar-refractivity contribution in [1.82, 2.24) is 4.90 Å². The van der Waals surface area contributed by atoms with Crippen LogP contribution in [0.5, 0.6) is 0 Å². The molecule has 1 aromatic rings. The average Bonchev–Trinajstić information content (AvgIpc) is 2.33. The van der Waals surface area contributed by atoms with Crippen molar-refractivity contribution in [1.29, 1.82) is 5.26 Å². The van der Waals surface area contributed by atoms with Gasteiger partial charge < -0.3 is 0 Å². The van der Waals surface area contributed by atoms with Gasteiger partial charge in [0.05, 0.1) is 6.07 Å². The first-order valence-corrected chi connectivity index (χ1v) is 6.20. The van der Waals surface area contributed by atoms with Crippen LogP contribution >= 0.6 is 23.2 Å². The number of nitrogens with zero attached hydrogens (tertiary/aromatic N) is 2. The van der Waals surface area contributed by atoms with Crippen molar-refractivity contribution in [2.75, 3.05) is 13.1 Å². The van der Waals surface area contributed by atoms with E-state index in [0.717, 1.165) is 5.56 Å². The van der Waals surface area contributed by atoms with Gasteiger partial charge in [0, 0.05) is 28.7 Å². The number of hydrogen-bond donors (Lipinski definition) is 0. The van der Waals surface area contributed by atoms with E-state index >= 15 is 0 Å². The van der Waals surface area contributed by atoms with Crippen LogP contribution in [0.15, 0.2) is 43.5 Å². The van der Waals surface area contributed by atoms with Crippen LogP contribution in [-0.2, 0) is 0 Å². The molecular weight excluding hydrogens is 267 g/mol. The highest BCUT2D eigenvalue weighted by molar-refractivity contribution is 6.35. The summed E-state index contributed by atoms with van der Waals surface area (Å²) in [6, 6.07) is 6.96. The molecule has 1 atom stereocenters. The number of halogens is 2. The Labute approximate surface area is 118 Å². The third-order valence-corrected chi connectivity index (χ3v) is 3.03. The predicted octanol–water partition coefficient (Wildman–Crippen LogP) is 4.23. The summed E-state index contributed by atoms with van der Waals surface area (Å²) in [4.78, 5) is 1.93. The highest BCUT2D eigenvalue weighted by atomic mass is 35.5. The zero-order chi connectivity index (χ0) is 13.5. The minimum absolute atomic E-state index is 0.439. The van der Waals surface area contributed by atoms with Crippen LogP contribution in [0.2, 0.25) is 10.0 Å². The molecule has 0 aromatic heterocycles. The molecule has 4 heteroatoms. The number of hydrogen-bond acceptors (Lipinski definition) is 2. The first kappa shape index (κ1) is 14.8. The van der Waals surface area contributed by atoms with Crippen LogP contribution in [-0.4, -0.2) is 18.0 Å². The van der Waals surface area contributed by atoms with E-state index in [4.69, 9.17) is 23.2 Å². The lowest BCUT2D eigenvalue weighted by Crippen LogP contribution is -2.28. The molecule has 0 saturated heterocycles. The smallest absolute Gasteiger partial charge is 0.125 e. The highest BCUT2D eigenvalue weighted by Gasteiger charge is 2.20. The van der Waals surface area contributed by atoms with Crippen molar-refractivity contribution in [2.45, 2.75) is 6.04 Å². The number of nitriles is 1. The predicted molar refractivity (Wildman–Crippen MR) is 76.8 cm³/mol. The molecule has 0 spiro atoms. The standard InChI is InChI=1S/C14H14Cl2N2/c1-3-7-18(8-4-2)14(10-17)12-6-5-11(15)9-13(12)16/h3-6,9,14H,1-2,7-8H2. The topological polar surface area (TPSA) is 27.0 Å². The Morgan fingerprint density at radius 2 is 1.89 bits per heavy atom. The van der Waals surface area contributed by atoms with E-state index in [0.29, 0.717) is 23.1 Å². The van der Waals surface area contributed by atoms with Gasteiger partial charge in [-0.05, 0) is 12.1 Å². The monoisotopic (exact) mass is 280 g/mol. The molecule has 0 aliphatic rings. The van der Waals surface area contributed by atoms with Gasteiger partial charge in [0.2, 0.25) is 0 Å². The van der Waals surface area contributed by atoms with Crippen molar-refractivity contribution in [2.24, 2.45) is 0 Å². The summed E-state index contributed by atoms with van der Waals surface area (Å²) >= 11 is 12.0. The molecule has 94 valence electrons. The van der Waals surface area contributed by atoms with Gasteiger partial charge in [-0.3, -0.25) is 4.90 Å². The SMILES string of the molecule is C=CCN(CC=C)C(C#N)c1ccc(Cl)cc1Cl. The lowest BCUT2D eigenvalue weighted by Gasteiger charge is -2.25. The van der Waals surface area contributed by atoms with E-state index in [2.05, 4.69) is 19.2 Å². The maximum atomic E-state index is 9.34. The Kier molecular flexibility index (Phi) is 5.94. The first-order valence-electron chi connectivity index (χ1n) is 5.44. The van der Waals surface area contributed by atoms with Crippen molar-refractivity contribution < 1.29 is 0 Å². The molecule has 1 unspecified atom stereocenters. The van der Waals surface area contributed by atoms with Crippen molar-refractivity contribution in [3.63, 3.8) is 0 Å². The Balaban J connectivity index is 3.10. The Hall–Kier alpha value is -1.27. The van der Waals surface area contributed by atoms with Gasteiger partial charge in [-0.25, -0.2) is 0 Å². The minimum Gasteiger partial charge on any atom is -0.277 e. The lowest BCUT2D eigenvalue weighted by atomic mass is 10.1. The molecule has 0 N–H and O–H groups in total. The zero-order valence-electron chi connectivity index (χ0n) is 9.94. The molecule has 1 rings (SSSR count). The molecule has 1 aromatic carbocycles. The largest absolute Gasteiger partial charge is 0.277 e. The molecule has 0 aliphatic carbocycles. The third-order valence-electron chi connectivity index (χ3n) is 2.47. The van der Waals surface area contributed by atoms with Crippen LogP contribution in [0.4, 0.5) is 0 Å². The van der Waals surface area contributed by atoms with E-state index in [9.17, 15) is 5.26 Å². The summed E-state index contributed by atoms with van der Waals surface area (Å²) in [5, 5.41) is 10.4. The fraction of sp³-hybridized carbons (Fsp3) is 0.214. The van der Waals surface area contributed by atoms with Crippen LogP contribution in [0.3, 0.4) is 0 Å². The maximum absolute atomic E-state index is 9.34. The fourth-order valence-corrected chi connectivity index (χ4v) is 2.20. The second kappa shape index (κ2) is 7.23. The number of rotatable bonds is 6. The summed E-state index contributed by atoms with van der Waals surface area (Å²) in [6.07, 6.45) is 3.50. The van der Waals surface area contributed by atoms with E-state index < -0.39 is 6.04 Å². The van der Waals surface area contributed by atoms with Crippen LogP contribution in [0, 0.1) is 11.3 Å². The second-order valence-electron chi connectivity index (χ2n) is 3.73. The second-order valence-corrected chi connectivity index (χ2v) is 4.57. The summed E-state index contributed by atoms with van der Waals surface area (Å²) in [5.41, 5.74) is 0.743. The van der Waals surface area contributed by atoms with E-state index in [1.807, 2.05) is 4.90 Å². The van der Waals surface area contributed by atoms with Gasteiger partial charge in [-0.15, -0.1) is 13.2 Å². The van der Waals surface area contributed by atoms with E-state index in [1.54, 1.807) is 30.4 Å². The van der Waals surface area contributed by atoms with Gasteiger partial charge in [0.1, 0.15) is 6.04 Å². The van der Waals surface area contributed by atoms with Crippen LogP contribution in [0.25, 0.3) is 0 Å². The normalized spacial score (nSPS) is 11.9. The van der Waals surface area contributed by atoms with Gasteiger partial charge in [0.25, 0.3) is 0 Å². The molecular formula is C14H14Cl2N2. The first-order chi connectivity index (χ1) is 8.63. The Morgan fingerprint density at radius 3 is 2.33 bits per heavy atom. The van der Waals surface area contributed by atoms with Gasteiger partial charge in [-0.2, -0.15) is 5.26 Å². The molecule has 0 fully saturated rings. The van der Waals surface area contributed by atoms with E-state index in [1.165, 1.54) is 0 Å². The van der Waals surface area contributed by atoms with Crippen LogP contribution in [0.1, 0.15) is 11.6 Å². The van der Waals surface area contributed by atoms with Crippen molar-refractivity contribution >= 4 is 23.2 Å². The fourth-order valence-electron chi connectivity index (χ4n) is 1.69. The van der Waals surface area contributed by atoms with Crippen molar-refractivity contribution in [3.05, 3.63) is 59.1 Å². The molecule has 18 heavy (non-hydrogen) atoms. The third kappa shape index (κ3) is 3.61. The molecule has 2 nitrogen and oxygen atoms in total. The Bertz CT molecular complexity index is 467. The van der Waals surface area contributed by atoms with Gasteiger partial charge in [-0.1, -0.05) is 41.4 Å². The molecule has 0 heterocycles. The summed E-state index contributed by atoms with van der Waals surface area (Å²) in [7, 11) is 0. The molecule has 0 aliphatic heterocycles. The number of benzene rings is 1. The van der Waals surface area contributed by atoms with Gasteiger partial charge in [0.15, 0.2) is 0 Å². The zero-order valence-corrected chi connectivity index (χ0v) is 11.5. The maximum Gasteiger partial charge on any atom is 0.125 e. The van der Waals surface area contributed by atoms with E-state index in [-0.39, 0.29) is 0 Å². The quantitative estimate of drug-likeness (QED) is 0.729. The summed E-state index contributed by atoms with van der Waals surface area (Å²) in [5.74, 6) is 0. The lowest BCUT2D eigenvalue weighted by molar-refractivity contribution is 0.291. The Morgan fingerprint density at radius 1 is 1.28 bits per heavy atom. The summed E-state index contributed by atoms with van der Waals surface area (Å²) in [6.45, 7) is 8.55.